The van der Waals surface area contributed by atoms with Gasteiger partial charge >= 0.3 is 5.97 Å². The predicted octanol–water partition coefficient (Wildman–Crippen LogP) is 5.94. The van der Waals surface area contributed by atoms with E-state index >= 15 is 0 Å². The van der Waals surface area contributed by atoms with E-state index in [-0.39, 0.29) is 17.7 Å². The lowest BCUT2D eigenvalue weighted by Gasteiger charge is -2.28. The summed E-state index contributed by atoms with van der Waals surface area (Å²) in [5.41, 5.74) is 5.45. The van der Waals surface area contributed by atoms with Gasteiger partial charge in [-0.05, 0) is 72.4 Å². The number of nitriles is 1. The molecule has 0 heterocycles. The number of hydrogen-bond donors (Lipinski definition) is 3. The molecule has 0 aliphatic heterocycles. The van der Waals surface area contributed by atoms with Gasteiger partial charge in [0.1, 0.15) is 24.5 Å². The summed E-state index contributed by atoms with van der Waals surface area (Å²) in [4.78, 5) is 11.1. The van der Waals surface area contributed by atoms with Crippen LogP contribution >= 0.6 is 0 Å². The molecule has 0 saturated heterocycles. The second-order valence-electron chi connectivity index (χ2n) is 10.2. The summed E-state index contributed by atoms with van der Waals surface area (Å²) in [6.07, 6.45) is 0.00602. The number of carboxylic acids is 1. The van der Waals surface area contributed by atoms with Gasteiger partial charge in [0, 0.05) is 12.1 Å². The van der Waals surface area contributed by atoms with Crippen molar-refractivity contribution in [2.75, 3.05) is 13.2 Å². The van der Waals surface area contributed by atoms with E-state index in [1.807, 2.05) is 18.2 Å². The molecule has 0 aromatic heterocycles. The van der Waals surface area contributed by atoms with Gasteiger partial charge in [-0.1, -0.05) is 72.8 Å². The molecular weight excluding hydrogens is 488 g/mol. The van der Waals surface area contributed by atoms with Crippen LogP contribution < -0.4 is 10.1 Å². The monoisotopic (exact) mass is 520 g/mol. The van der Waals surface area contributed by atoms with Crippen LogP contribution in [0.15, 0.2) is 97.1 Å². The number of aliphatic hydroxyl groups is 1. The first kappa shape index (κ1) is 27.6. The molecule has 198 valence electrons. The minimum absolute atomic E-state index is 0.0188. The van der Waals surface area contributed by atoms with Gasteiger partial charge in [-0.15, -0.1) is 0 Å². The van der Waals surface area contributed by atoms with Crippen molar-refractivity contribution in [2.24, 2.45) is 0 Å². The first-order chi connectivity index (χ1) is 18.7. The van der Waals surface area contributed by atoms with Crippen LogP contribution in [-0.4, -0.2) is 41.0 Å². The van der Waals surface area contributed by atoms with E-state index in [1.54, 1.807) is 30.3 Å². The topological polar surface area (TPSA) is 103 Å². The van der Waals surface area contributed by atoms with Crippen LogP contribution in [0.1, 0.15) is 35.3 Å². The zero-order chi connectivity index (χ0) is 27.8. The van der Waals surface area contributed by atoms with Crippen LogP contribution in [0, 0.1) is 11.3 Å². The molecular formula is C33H32N2O4. The van der Waals surface area contributed by atoms with Gasteiger partial charge in [0.15, 0.2) is 0 Å². The Bertz CT molecular complexity index is 1440. The van der Waals surface area contributed by atoms with Crippen molar-refractivity contribution in [1.82, 2.24) is 5.32 Å². The molecule has 0 bridgehead atoms. The Labute approximate surface area is 229 Å². The number of ether oxygens (including phenoxy) is 1. The number of rotatable bonds is 11. The van der Waals surface area contributed by atoms with Gasteiger partial charge in [0.2, 0.25) is 0 Å². The fourth-order valence-electron chi connectivity index (χ4n) is 4.38. The Hall–Kier alpha value is -4.44. The summed E-state index contributed by atoms with van der Waals surface area (Å²) >= 11 is 0. The van der Waals surface area contributed by atoms with Crippen molar-refractivity contribution in [3.63, 3.8) is 0 Å². The number of benzene rings is 4. The Morgan fingerprint density at radius 2 is 1.49 bits per heavy atom. The van der Waals surface area contributed by atoms with E-state index in [0.29, 0.717) is 17.9 Å². The molecule has 6 nitrogen and oxygen atoms in total. The number of nitrogens with one attached hydrogen (secondary N) is 1. The normalized spacial score (nSPS) is 11.9. The molecule has 4 rings (SSSR count). The third-order valence-corrected chi connectivity index (χ3v) is 6.52. The average molecular weight is 521 g/mol. The Morgan fingerprint density at radius 3 is 2.13 bits per heavy atom. The number of aromatic carboxylic acids is 1. The van der Waals surface area contributed by atoms with Crippen molar-refractivity contribution < 1.29 is 19.7 Å². The number of carbonyl (C=O) groups is 1. The largest absolute Gasteiger partial charge is 0.489 e. The van der Waals surface area contributed by atoms with Crippen LogP contribution in [0.4, 0.5) is 0 Å². The summed E-state index contributed by atoms with van der Waals surface area (Å²) in [6, 6.07) is 32.6. The van der Waals surface area contributed by atoms with Crippen LogP contribution in [0.5, 0.6) is 5.75 Å². The van der Waals surface area contributed by atoms with E-state index in [4.69, 9.17) is 9.84 Å². The smallest absolute Gasteiger partial charge is 0.335 e. The highest BCUT2D eigenvalue weighted by Crippen LogP contribution is 2.28. The second-order valence-corrected chi connectivity index (χ2v) is 10.2. The maximum absolute atomic E-state index is 11.1. The van der Waals surface area contributed by atoms with E-state index in [2.05, 4.69) is 61.6 Å². The lowest BCUT2D eigenvalue weighted by Crippen LogP contribution is -2.46. The van der Waals surface area contributed by atoms with Crippen LogP contribution in [0.2, 0.25) is 0 Å². The van der Waals surface area contributed by atoms with Gasteiger partial charge in [-0.25, -0.2) is 4.79 Å². The van der Waals surface area contributed by atoms with Gasteiger partial charge in [-0.3, -0.25) is 0 Å². The Balaban J connectivity index is 1.32. The fraction of sp³-hybridized carbons (Fsp3) is 0.212. The van der Waals surface area contributed by atoms with Gasteiger partial charge in [-0.2, -0.15) is 5.26 Å². The molecule has 0 fully saturated rings. The molecule has 0 amide bonds. The van der Waals surface area contributed by atoms with Crippen molar-refractivity contribution in [3.8, 4) is 34.1 Å². The van der Waals surface area contributed by atoms with Crippen LogP contribution in [-0.2, 0) is 6.42 Å². The lowest BCUT2D eigenvalue weighted by atomic mass is 9.93. The van der Waals surface area contributed by atoms with E-state index in [9.17, 15) is 15.2 Å². The maximum Gasteiger partial charge on any atom is 0.335 e. The minimum Gasteiger partial charge on any atom is -0.489 e. The first-order valence-electron chi connectivity index (χ1n) is 12.8. The van der Waals surface area contributed by atoms with Crippen molar-refractivity contribution in [2.45, 2.75) is 31.9 Å². The third-order valence-electron chi connectivity index (χ3n) is 6.52. The van der Waals surface area contributed by atoms with Gasteiger partial charge in [0.25, 0.3) is 0 Å². The SMILES string of the molecule is CC(C)(Cc1ccc(-c2ccccc2)cc1)NC[C@@H](O)COc1cc(-c2ccc(C(=O)O)cc2)ccc1C#N. The molecule has 1 atom stereocenters. The standard InChI is InChI=1S/C33H32N2O4/c1-33(2,19-23-8-10-25(11-9-23)24-6-4-3-5-7-24)35-21-30(36)22-39-31-18-28(16-17-29(31)20-34)26-12-14-27(15-13-26)32(37)38/h3-18,30,35-36H,19,21-22H2,1-2H3,(H,37,38)/t30-/m1/s1. The summed E-state index contributed by atoms with van der Waals surface area (Å²) in [5.74, 6) is -0.619. The van der Waals surface area contributed by atoms with E-state index in [0.717, 1.165) is 17.5 Å². The molecule has 0 spiro atoms. The summed E-state index contributed by atoms with van der Waals surface area (Å²) < 4.78 is 5.85. The molecule has 0 saturated carbocycles. The zero-order valence-corrected chi connectivity index (χ0v) is 22.1. The molecule has 0 aliphatic rings. The molecule has 4 aromatic rings. The Morgan fingerprint density at radius 1 is 0.897 bits per heavy atom. The fourth-order valence-corrected chi connectivity index (χ4v) is 4.38. The van der Waals surface area contributed by atoms with Crippen molar-refractivity contribution >= 4 is 5.97 Å². The lowest BCUT2D eigenvalue weighted by molar-refractivity contribution is 0.0697. The average Bonchev–Trinajstić information content (AvgIpc) is 2.95. The summed E-state index contributed by atoms with van der Waals surface area (Å²) in [6.45, 7) is 4.54. The number of nitrogens with zero attached hydrogens (tertiary/aromatic N) is 1. The van der Waals surface area contributed by atoms with Crippen LogP contribution in [0.25, 0.3) is 22.3 Å². The molecule has 6 heteroatoms. The number of hydrogen-bond acceptors (Lipinski definition) is 5. The second kappa shape index (κ2) is 12.4. The number of aliphatic hydroxyl groups excluding tert-OH is 1. The molecule has 39 heavy (non-hydrogen) atoms. The molecule has 0 unspecified atom stereocenters. The Kier molecular flexibility index (Phi) is 8.77. The quantitative estimate of drug-likeness (QED) is 0.226. The van der Waals surface area contributed by atoms with Crippen molar-refractivity contribution in [1.29, 1.82) is 5.26 Å². The highest BCUT2D eigenvalue weighted by atomic mass is 16.5. The minimum atomic E-state index is -0.989. The summed E-state index contributed by atoms with van der Waals surface area (Å²) in [5, 5.41) is 32.7. The van der Waals surface area contributed by atoms with Gasteiger partial charge in [0.05, 0.1) is 11.1 Å². The summed E-state index contributed by atoms with van der Waals surface area (Å²) in [7, 11) is 0. The maximum atomic E-state index is 11.1. The van der Waals surface area contributed by atoms with Crippen molar-refractivity contribution in [3.05, 3.63) is 114 Å². The van der Waals surface area contributed by atoms with E-state index < -0.39 is 12.1 Å². The first-order valence-corrected chi connectivity index (χ1v) is 12.8. The molecule has 3 N–H and O–H groups in total. The zero-order valence-electron chi connectivity index (χ0n) is 22.1. The van der Waals surface area contributed by atoms with Crippen LogP contribution in [0.3, 0.4) is 0 Å². The molecule has 0 radical (unpaired) electrons. The molecule has 0 aliphatic carbocycles. The number of carboxylic acid groups (broad SMARTS) is 1. The number of β-amino-alcohol motifs (C(OH)–C–C–N with tert-alkyl or cyclic N) is 1. The van der Waals surface area contributed by atoms with Gasteiger partial charge < -0.3 is 20.3 Å². The molecule has 4 aromatic carbocycles. The highest BCUT2D eigenvalue weighted by molar-refractivity contribution is 5.88. The highest BCUT2D eigenvalue weighted by Gasteiger charge is 2.20. The van der Waals surface area contributed by atoms with E-state index in [1.165, 1.54) is 28.8 Å². The predicted molar refractivity (Wildman–Crippen MR) is 153 cm³/mol. The third kappa shape index (κ3) is 7.55.